The van der Waals surface area contributed by atoms with Gasteiger partial charge in [-0.25, -0.2) is 4.39 Å². The van der Waals surface area contributed by atoms with Crippen molar-refractivity contribution < 1.29 is 4.39 Å². The Morgan fingerprint density at radius 1 is 1.13 bits per heavy atom. The van der Waals surface area contributed by atoms with Gasteiger partial charge >= 0.3 is 0 Å². The lowest BCUT2D eigenvalue weighted by Gasteiger charge is -2.05. The summed E-state index contributed by atoms with van der Waals surface area (Å²) in [5.41, 5.74) is 3.65. The molecule has 15 heavy (non-hydrogen) atoms. The average molecular weight is 261 g/mol. The molecule has 0 heterocycles. The van der Waals surface area contributed by atoms with E-state index in [2.05, 4.69) is 31.1 Å². The van der Waals surface area contributed by atoms with Crippen molar-refractivity contribution >= 4 is 31.3 Å². The fraction of sp³-hybridized carbons (Fsp3) is 0.273. The molecule has 0 fully saturated rings. The van der Waals surface area contributed by atoms with Crippen LogP contribution in [0.15, 0.2) is 12.1 Å². The molecule has 0 nitrogen and oxygen atoms in total. The monoisotopic (exact) mass is 260 g/mol. The average Bonchev–Trinajstić information content (AvgIpc) is 1.99. The van der Waals surface area contributed by atoms with Gasteiger partial charge in [0.2, 0.25) is 0 Å². The molecular formula is C11H11Cl2FSi. The third-order valence-electron chi connectivity index (χ3n) is 1.57. The van der Waals surface area contributed by atoms with Gasteiger partial charge in [-0.15, -0.1) is 5.54 Å². The smallest absolute Gasteiger partial charge is 0.129 e. The molecule has 4 heteroatoms. The summed E-state index contributed by atoms with van der Waals surface area (Å²) in [5, 5.41) is 0.538. The number of benzene rings is 1. The molecule has 0 bridgehead atoms. The third-order valence-corrected chi connectivity index (χ3v) is 3.04. The molecule has 0 saturated carbocycles. The standard InChI is InChI=1S/C11H11Cl2FSi/c1-15(2,3)5-4-9-10(12)6-8(14)7-11(9)13/h6-7H,1-3H3. The second-order valence-electron chi connectivity index (χ2n) is 4.24. The van der Waals surface area contributed by atoms with Crippen LogP contribution in [-0.2, 0) is 0 Å². The van der Waals surface area contributed by atoms with Gasteiger partial charge in [-0.1, -0.05) is 48.8 Å². The zero-order chi connectivity index (χ0) is 11.6. The Bertz CT molecular complexity index is 415. The molecule has 0 atom stereocenters. The van der Waals surface area contributed by atoms with Crippen LogP contribution >= 0.6 is 23.2 Å². The molecule has 0 aliphatic carbocycles. The highest BCUT2D eigenvalue weighted by molar-refractivity contribution is 6.83. The van der Waals surface area contributed by atoms with E-state index in [0.717, 1.165) is 0 Å². The predicted octanol–water partition coefficient (Wildman–Crippen LogP) is 4.36. The Balaban J connectivity index is 3.20. The Kier molecular flexibility index (Phi) is 3.83. The minimum Gasteiger partial charge on any atom is -0.207 e. The van der Waals surface area contributed by atoms with Gasteiger partial charge in [-0.3, -0.25) is 0 Å². The lowest BCUT2D eigenvalue weighted by Crippen LogP contribution is -2.16. The minimum absolute atomic E-state index is 0.269. The van der Waals surface area contributed by atoms with Gasteiger partial charge in [0.1, 0.15) is 13.9 Å². The third kappa shape index (κ3) is 3.87. The van der Waals surface area contributed by atoms with E-state index in [1.807, 2.05) is 0 Å². The maximum atomic E-state index is 12.9. The molecular weight excluding hydrogens is 250 g/mol. The summed E-state index contributed by atoms with van der Waals surface area (Å²) in [6.45, 7) is 6.35. The summed E-state index contributed by atoms with van der Waals surface area (Å²) in [5.74, 6) is 2.49. The zero-order valence-electron chi connectivity index (χ0n) is 8.79. The van der Waals surface area contributed by atoms with Crippen LogP contribution in [0.2, 0.25) is 29.7 Å². The van der Waals surface area contributed by atoms with Gasteiger partial charge in [-0.2, -0.15) is 0 Å². The Morgan fingerprint density at radius 3 is 2.00 bits per heavy atom. The van der Waals surface area contributed by atoms with Crippen LogP contribution in [0, 0.1) is 17.3 Å². The molecule has 0 unspecified atom stereocenters. The van der Waals surface area contributed by atoms with E-state index < -0.39 is 13.9 Å². The molecule has 0 aromatic heterocycles. The first-order valence-electron chi connectivity index (χ1n) is 4.47. The van der Waals surface area contributed by atoms with Crippen molar-refractivity contribution in [1.82, 2.24) is 0 Å². The predicted molar refractivity (Wildman–Crippen MR) is 66.6 cm³/mol. The molecule has 0 aliphatic heterocycles. The van der Waals surface area contributed by atoms with Crippen LogP contribution in [0.4, 0.5) is 4.39 Å². The maximum absolute atomic E-state index is 12.9. The Hall–Kier alpha value is -0.493. The lowest BCUT2D eigenvalue weighted by molar-refractivity contribution is 0.628. The van der Waals surface area contributed by atoms with Gasteiger partial charge in [0.15, 0.2) is 0 Å². The van der Waals surface area contributed by atoms with E-state index in [0.29, 0.717) is 5.56 Å². The molecule has 0 amide bonds. The van der Waals surface area contributed by atoms with Crippen LogP contribution in [0.3, 0.4) is 0 Å². The topological polar surface area (TPSA) is 0 Å². The van der Waals surface area contributed by atoms with E-state index >= 15 is 0 Å². The van der Waals surface area contributed by atoms with Crippen LogP contribution in [0.5, 0.6) is 0 Å². The van der Waals surface area contributed by atoms with Gasteiger partial charge in [0, 0.05) is 0 Å². The highest BCUT2D eigenvalue weighted by atomic mass is 35.5. The summed E-state index contributed by atoms with van der Waals surface area (Å²) in [6, 6.07) is 2.45. The Labute approximate surface area is 100 Å². The van der Waals surface area contributed by atoms with E-state index in [1.165, 1.54) is 12.1 Å². The number of hydrogen-bond acceptors (Lipinski definition) is 0. The summed E-state index contributed by atoms with van der Waals surface area (Å²) in [6.07, 6.45) is 0. The first-order chi connectivity index (χ1) is 6.79. The van der Waals surface area contributed by atoms with Crippen LogP contribution in [0.25, 0.3) is 0 Å². The number of hydrogen-bond donors (Lipinski definition) is 0. The Morgan fingerprint density at radius 2 is 1.60 bits per heavy atom. The summed E-state index contributed by atoms with van der Waals surface area (Å²) in [4.78, 5) is 0. The molecule has 0 spiro atoms. The number of rotatable bonds is 0. The van der Waals surface area contributed by atoms with E-state index in [1.54, 1.807) is 0 Å². The maximum Gasteiger partial charge on any atom is 0.129 e. The van der Waals surface area contributed by atoms with Gasteiger partial charge < -0.3 is 0 Å². The van der Waals surface area contributed by atoms with Gasteiger partial charge in [0.25, 0.3) is 0 Å². The quantitative estimate of drug-likeness (QED) is 0.480. The highest BCUT2D eigenvalue weighted by Crippen LogP contribution is 2.25. The molecule has 0 N–H and O–H groups in total. The van der Waals surface area contributed by atoms with Crippen molar-refractivity contribution in [1.29, 1.82) is 0 Å². The fourth-order valence-corrected chi connectivity index (χ4v) is 1.97. The largest absolute Gasteiger partial charge is 0.207 e. The van der Waals surface area contributed by atoms with E-state index in [9.17, 15) is 4.39 Å². The molecule has 0 radical (unpaired) electrons. The minimum atomic E-state index is -1.47. The van der Waals surface area contributed by atoms with E-state index in [-0.39, 0.29) is 10.0 Å². The van der Waals surface area contributed by atoms with Crippen molar-refractivity contribution in [3.8, 4) is 11.5 Å². The molecule has 0 saturated heterocycles. The molecule has 1 rings (SSSR count). The van der Waals surface area contributed by atoms with Crippen molar-refractivity contribution in [3.63, 3.8) is 0 Å². The normalized spacial score (nSPS) is 10.8. The van der Waals surface area contributed by atoms with Crippen molar-refractivity contribution in [2.24, 2.45) is 0 Å². The van der Waals surface area contributed by atoms with Crippen molar-refractivity contribution in [2.75, 3.05) is 0 Å². The van der Waals surface area contributed by atoms with Gasteiger partial charge in [0.05, 0.1) is 15.6 Å². The first kappa shape index (κ1) is 12.6. The van der Waals surface area contributed by atoms with Crippen LogP contribution < -0.4 is 0 Å². The van der Waals surface area contributed by atoms with Crippen LogP contribution in [-0.4, -0.2) is 8.07 Å². The lowest BCUT2D eigenvalue weighted by atomic mass is 10.2. The van der Waals surface area contributed by atoms with Gasteiger partial charge in [-0.05, 0) is 12.1 Å². The molecule has 1 aromatic rings. The van der Waals surface area contributed by atoms with Crippen molar-refractivity contribution in [2.45, 2.75) is 19.6 Å². The molecule has 1 aromatic carbocycles. The summed E-state index contributed by atoms with van der Waals surface area (Å²) < 4.78 is 12.9. The fourth-order valence-electron chi connectivity index (χ4n) is 0.912. The summed E-state index contributed by atoms with van der Waals surface area (Å²) in [7, 11) is -1.47. The summed E-state index contributed by atoms with van der Waals surface area (Å²) >= 11 is 11.7. The van der Waals surface area contributed by atoms with E-state index in [4.69, 9.17) is 23.2 Å². The molecule has 80 valence electrons. The van der Waals surface area contributed by atoms with Crippen LogP contribution in [0.1, 0.15) is 5.56 Å². The first-order valence-corrected chi connectivity index (χ1v) is 8.73. The zero-order valence-corrected chi connectivity index (χ0v) is 11.3. The SMILES string of the molecule is C[Si](C)(C)C#Cc1c(Cl)cc(F)cc1Cl. The number of halogens is 3. The second kappa shape index (κ2) is 4.57. The molecule has 0 aliphatic rings. The van der Waals surface area contributed by atoms with Crippen molar-refractivity contribution in [3.05, 3.63) is 33.6 Å². The second-order valence-corrected chi connectivity index (χ2v) is 9.81. The highest BCUT2D eigenvalue weighted by Gasteiger charge is 2.10.